The summed E-state index contributed by atoms with van der Waals surface area (Å²) in [4.78, 5) is 12.8. The minimum absolute atomic E-state index is 0.121. The van der Waals surface area contributed by atoms with Crippen molar-refractivity contribution in [3.05, 3.63) is 108 Å². The predicted molar refractivity (Wildman–Crippen MR) is 123 cm³/mol. The van der Waals surface area contributed by atoms with Crippen molar-refractivity contribution in [2.45, 2.75) is 38.2 Å². The van der Waals surface area contributed by atoms with Crippen LogP contribution in [0.1, 0.15) is 49.3 Å². The summed E-state index contributed by atoms with van der Waals surface area (Å²) in [6, 6.07) is 30.9. The normalized spacial score (nSPS) is 18.7. The highest BCUT2D eigenvalue weighted by molar-refractivity contribution is 5.78. The van der Waals surface area contributed by atoms with E-state index in [9.17, 15) is 4.79 Å². The van der Waals surface area contributed by atoms with Gasteiger partial charge in [0.05, 0.1) is 18.6 Å². The van der Waals surface area contributed by atoms with Gasteiger partial charge in [0.1, 0.15) is 5.60 Å². The number of benzene rings is 3. The first kappa shape index (κ1) is 21.3. The molecule has 0 aliphatic carbocycles. The second-order valence-electron chi connectivity index (χ2n) is 8.34. The van der Waals surface area contributed by atoms with Gasteiger partial charge in [0.25, 0.3) is 0 Å². The van der Waals surface area contributed by atoms with Crippen LogP contribution in [-0.2, 0) is 19.9 Å². The molecule has 1 aliphatic rings. The molecule has 0 unspecified atom stereocenters. The van der Waals surface area contributed by atoms with Gasteiger partial charge >= 0.3 is 5.97 Å². The Kier molecular flexibility index (Phi) is 6.53. The summed E-state index contributed by atoms with van der Waals surface area (Å²) >= 11 is 0. The first-order chi connectivity index (χ1) is 15.2. The van der Waals surface area contributed by atoms with Crippen molar-refractivity contribution in [3.63, 3.8) is 0 Å². The molecule has 3 aromatic rings. The molecule has 0 spiro atoms. The molecule has 0 N–H and O–H groups in total. The Morgan fingerprint density at radius 2 is 1.32 bits per heavy atom. The second kappa shape index (κ2) is 9.49. The summed E-state index contributed by atoms with van der Waals surface area (Å²) in [5, 5.41) is 0. The van der Waals surface area contributed by atoms with E-state index in [2.05, 4.69) is 43.3 Å². The Bertz CT molecular complexity index is 872. The third-order valence-corrected chi connectivity index (χ3v) is 6.36. The van der Waals surface area contributed by atoms with E-state index in [1.165, 1.54) is 0 Å². The molecule has 0 amide bonds. The van der Waals surface area contributed by atoms with Gasteiger partial charge in [0.15, 0.2) is 0 Å². The fourth-order valence-corrected chi connectivity index (χ4v) is 4.55. The van der Waals surface area contributed by atoms with E-state index < -0.39 is 11.0 Å². The van der Waals surface area contributed by atoms with E-state index in [-0.39, 0.29) is 5.97 Å². The van der Waals surface area contributed by atoms with Crippen LogP contribution in [0.3, 0.4) is 0 Å². The molecule has 1 fully saturated rings. The molecule has 4 rings (SSSR count). The van der Waals surface area contributed by atoms with Gasteiger partial charge in [-0.25, -0.2) is 0 Å². The van der Waals surface area contributed by atoms with E-state index in [4.69, 9.17) is 9.47 Å². The number of hydrogen-bond acceptors (Lipinski definition) is 3. The van der Waals surface area contributed by atoms with Crippen molar-refractivity contribution in [1.29, 1.82) is 0 Å². The first-order valence-electron chi connectivity index (χ1n) is 11.2. The lowest BCUT2D eigenvalue weighted by Gasteiger charge is -2.38. The standard InChI is InChI=1S/C28H30O3/c1-2-3-19-27(20-21-30-26(27)29)22-31-28(23-13-7-4-8-14-23,24-15-9-5-10-16-24)25-17-11-6-12-18-25/h4-18H,2-3,19-22H2,1H3/t27-/m0/s1. The average Bonchev–Trinajstić information content (AvgIpc) is 3.20. The quantitative estimate of drug-likeness (QED) is 0.313. The Morgan fingerprint density at radius 3 is 1.71 bits per heavy atom. The molecule has 3 aromatic carbocycles. The zero-order valence-electron chi connectivity index (χ0n) is 18.1. The Morgan fingerprint density at radius 1 is 0.839 bits per heavy atom. The molecule has 1 aliphatic heterocycles. The van der Waals surface area contributed by atoms with Crippen LogP contribution in [0.4, 0.5) is 0 Å². The van der Waals surface area contributed by atoms with E-state index in [1.807, 2.05) is 54.6 Å². The summed E-state index contributed by atoms with van der Waals surface area (Å²) in [7, 11) is 0. The molecular weight excluding hydrogens is 384 g/mol. The summed E-state index contributed by atoms with van der Waals surface area (Å²) < 4.78 is 12.4. The SMILES string of the molecule is CCCC[C@@]1(COC(c2ccccc2)(c2ccccc2)c2ccccc2)CCOC1=O. The lowest BCUT2D eigenvalue weighted by atomic mass is 9.78. The average molecular weight is 415 g/mol. The van der Waals surface area contributed by atoms with Gasteiger partial charge in [-0.2, -0.15) is 0 Å². The third-order valence-electron chi connectivity index (χ3n) is 6.36. The van der Waals surface area contributed by atoms with Crippen LogP contribution in [0.15, 0.2) is 91.0 Å². The van der Waals surface area contributed by atoms with Crippen molar-refractivity contribution in [3.8, 4) is 0 Å². The fraction of sp³-hybridized carbons (Fsp3) is 0.321. The summed E-state index contributed by atoms with van der Waals surface area (Å²) in [6.45, 7) is 2.95. The third kappa shape index (κ3) is 4.15. The van der Waals surface area contributed by atoms with E-state index in [1.54, 1.807) is 0 Å². The van der Waals surface area contributed by atoms with Crippen LogP contribution in [-0.4, -0.2) is 19.2 Å². The Balaban J connectivity index is 1.83. The van der Waals surface area contributed by atoms with Crippen molar-refractivity contribution in [2.24, 2.45) is 5.41 Å². The van der Waals surface area contributed by atoms with Crippen LogP contribution in [0.25, 0.3) is 0 Å². The summed E-state index contributed by atoms with van der Waals surface area (Å²) in [5.41, 5.74) is 1.74. The maximum Gasteiger partial charge on any atom is 0.314 e. The van der Waals surface area contributed by atoms with Crippen LogP contribution in [0.5, 0.6) is 0 Å². The summed E-state index contributed by atoms with van der Waals surface area (Å²) in [5.74, 6) is -0.121. The van der Waals surface area contributed by atoms with Gasteiger partial charge in [0.2, 0.25) is 0 Å². The van der Waals surface area contributed by atoms with E-state index in [0.29, 0.717) is 19.6 Å². The number of hydrogen-bond donors (Lipinski definition) is 0. The van der Waals surface area contributed by atoms with E-state index in [0.717, 1.165) is 36.0 Å². The zero-order chi connectivity index (χ0) is 21.6. The molecule has 3 nitrogen and oxygen atoms in total. The van der Waals surface area contributed by atoms with Gasteiger partial charge in [-0.3, -0.25) is 4.79 Å². The molecule has 0 radical (unpaired) electrons. The Hall–Kier alpha value is -2.91. The van der Waals surface area contributed by atoms with Crippen LogP contribution in [0, 0.1) is 5.41 Å². The van der Waals surface area contributed by atoms with Crippen molar-refractivity contribution in [1.82, 2.24) is 0 Å². The van der Waals surface area contributed by atoms with Crippen LogP contribution >= 0.6 is 0 Å². The number of ether oxygens (including phenoxy) is 2. The van der Waals surface area contributed by atoms with Crippen LogP contribution in [0.2, 0.25) is 0 Å². The molecule has 1 atom stereocenters. The minimum Gasteiger partial charge on any atom is -0.465 e. The Labute approximate surface area is 185 Å². The lowest BCUT2D eigenvalue weighted by Crippen LogP contribution is -2.40. The van der Waals surface area contributed by atoms with Gasteiger partial charge in [-0.15, -0.1) is 0 Å². The molecule has 0 aromatic heterocycles. The molecule has 1 saturated heterocycles. The smallest absolute Gasteiger partial charge is 0.314 e. The number of unbranched alkanes of at least 4 members (excludes halogenated alkanes) is 1. The molecule has 0 saturated carbocycles. The van der Waals surface area contributed by atoms with E-state index >= 15 is 0 Å². The molecule has 160 valence electrons. The molecular formula is C28H30O3. The number of carbonyl (C=O) groups is 1. The van der Waals surface area contributed by atoms with Crippen molar-refractivity contribution in [2.75, 3.05) is 13.2 Å². The van der Waals surface area contributed by atoms with Gasteiger partial charge in [-0.1, -0.05) is 111 Å². The number of cyclic esters (lactones) is 1. The zero-order valence-corrected chi connectivity index (χ0v) is 18.1. The summed E-state index contributed by atoms with van der Waals surface area (Å²) in [6.07, 6.45) is 3.51. The van der Waals surface area contributed by atoms with Crippen LogP contribution < -0.4 is 0 Å². The number of esters is 1. The van der Waals surface area contributed by atoms with Gasteiger partial charge in [0, 0.05) is 0 Å². The lowest BCUT2D eigenvalue weighted by molar-refractivity contribution is -0.152. The second-order valence-corrected chi connectivity index (χ2v) is 8.34. The predicted octanol–water partition coefficient (Wildman–Crippen LogP) is 6.12. The maximum atomic E-state index is 12.8. The maximum absolute atomic E-state index is 12.8. The minimum atomic E-state index is -0.814. The highest BCUT2D eigenvalue weighted by Crippen LogP contribution is 2.44. The largest absolute Gasteiger partial charge is 0.465 e. The number of carbonyl (C=O) groups excluding carboxylic acids is 1. The first-order valence-corrected chi connectivity index (χ1v) is 11.2. The number of rotatable bonds is 9. The molecule has 3 heteroatoms. The fourth-order valence-electron chi connectivity index (χ4n) is 4.55. The van der Waals surface area contributed by atoms with Crippen molar-refractivity contribution < 1.29 is 14.3 Å². The molecule has 1 heterocycles. The highest BCUT2D eigenvalue weighted by atomic mass is 16.5. The highest BCUT2D eigenvalue weighted by Gasteiger charge is 2.47. The molecule has 0 bridgehead atoms. The topological polar surface area (TPSA) is 35.5 Å². The van der Waals surface area contributed by atoms with Crippen molar-refractivity contribution >= 4 is 5.97 Å². The van der Waals surface area contributed by atoms with Gasteiger partial charge < -0.3 is 9.47 Å². The molecule has 31 heavy (non-hydrogen) atoms. The van der Waals surface area contributed by atoms with Gasteiger partial charge in [-0.05, 0) is 29.5 Å². The monoisotopic (exact) mass is 414 g/mol.